The lowest BCUT2D eigenvalue weighted by Gasteiger charge is -2.27. The van der Waals surface area contributed by atoms with Crippen molar-refractivity contribution in [3.05, 3.63) is 35.4 Å². The van der Waals surface area contributed by atoms with Gasteiger partial charge in [-0.25, -0.2) is 0 Å². The van der Waals surface area contributed by atoms with E-state index in [2.05, 4.69) is 62.2 Å². The van der Waals surface area contributed by atoms with E-state index >= 15 is 0 Å². The van der Waals surface area contributed by atoms with Gasteiger partial charge >= 0.3 is 0 Å². The molecule has 0 aliphatic heterocycles. The van der Waals surface area contributed by atoms with Crippen molar-refractivity contribution in [2.75, 3.05) is 13.1 Å². The topological polar surface area (TPSA) is 15.3 Å². The summed E-state index contributed by atoms with van der Waals surface area (Å²) in [7, 11) is 0. The van der Waals surface area contributed by atoms with Crippen molar-refractivity contribution in [3.8, 4) is 0 Å². The lowest BCUT2D eigenvalue weighted by Crippen LogP contribution is -2.32. The molecule has 1 aromatic rings. The average Bonchev–Trinajstić information content (AvgIpc) is 2.45. The molecule has 114 valence electrons. The molecule has 1 aromatic carbocycles. The van der Waals surface area contributed by atoms with E-state index < -0.39 is 0 Å². The number of rotatable bonds is 10. The summed E-state index contributed by atoms with van der Waals surface area (Å²) < 4.78 is 0. The van der Waals surface area contributed by atoms with Crippen LogP contribution in [0.2, 0.25) is 0 Å². The van der Waals surface area contributed by atoms with Gasteiger partial charge in [-0.1, -0.05) is 51.0 Å². The Morgan fingerprint density at radius 2 is 1.75 bits per heavy atom. The normalized spacial score (nSPS) is 11.5. The zero-order valence-corrected chi connectivity index (χ0v) is 13.8. The van der Waals surface area contributed by atoms with Crippen LogP contribution in [0, 0.1) is 0 Å². The molecule has 0 aliphatic rings. The van der Waals surface area contributed by atoms with Crippen LogP contribution in [0.5, 0.6) is 0 Å². The highest BCUT2D eigenvalue weighted by molar-refractivity contribution is 5.27. The Morgan fingerprint density at radius 3 is 2.35 bits per heavy atom. The van der Waals surface area contributed by atoms with Gasteiger partial charge in [0.1, 0.15) is 0 Å². The molecular formula is C18H32N2. The van der Waals surface area contributed by atoms with Gasteiger partial charge in [0.25, 0.3) is 0 Å². The summed E-state index contributed by atoms with van der Waals surface area (Å²) in [6, 6.07) is 9.45. The third-order valence-electron chi connectivity index (χ3n) is 3.84. The Hall–Kier alpha value is -0.860. The molecule has 1 N–H and O–H groups in total. The number of benzene rings is 1. The maximum atomic E-state index is 3.44. The minimum absolute atomic E-state index is 0.610. The predicted octanol–water partition coefficient (Wildman–Crippen LogP) is 4.20. The van der Waals surface area contributed by atoms with Gasteiger partial charge in [-0.2, -0.15) is 0 Å². The maximum absolute atomic E-state index is 3.44. The number of nitrogens with zero attached hydrogens (tertiary/aromatic N) is 1. The molecule has 0 unspecified atom stereocenters. The second kappa shape index (κ2) is 9.95. The highest BCUT2D eigenvalue weighted by Crippen LogP contribution is 2.14. The van der Waals surface area contributed by atoms with Crippen LogP contribution in [0.1, 0.15) is 58.1 Å². The summed E-state index contributed by atoms with van der Waals surface area (Å²) >= 11 is 0. The van der Waals surface area contributed by atoms with Crippen molar-refractivity contribution in [3.63, 3.8) is 0 Å². The van der Waals surface area contributed by atoms with Gasteiger partial charge in [-0.3, -0.25) is 4.90 Å². The second-order valence-electron chi connectivity index (χ2n) is 5.82. The van der Waals surface area contributed by atoms with Crippen molar-refractivity contribution >= 4 is 0 Å². The predicted molar refractivity (Wildman–Crippen MR) is 88.9 cm³/mol. The lowest BCUT2D eigenvalue weighted by atomic mass is 10.1. The van der Waals surface area contributed by atoms with Gasteiger partial charge in [0.2, 0.25) is 0 Å². The third kappa shape index (κ3) is 6.06. The fourth-order valence-corrected chi connectivity index (χ4v) is 2.45. The summed E-state index contributed by atoms with van der Waals surface area (Å²) in [5.74, 6) is 0. The van der Waals surface area contributed by atoms with Gasteiger partial charge in [-0.15, -0.1) is 0 Å². The number of nitrogens with one attached hydrogen (secondary N) is 1. The van der Waals surface area contributed by atoms with Gasteiger partial charge in [-0.05, 0) is 44.5 Å². The van der Waals surface area contributed by atoms with E-state index in [0.717, 1.165) is 19.6 Å². The van der Waals surface area contributed by atoms with Gasteiger partial charge in [0.15, 0.2) is 0 Å². The molecule has 0 aliphatic carbocycles. The van der Waals surface area contributed by atoms with Crippen LogP contribution in [-0.4, -0.2) is 24.0 Å². The summed E-state index contributed by atoms with van der Waals surface area (Å²) in [6.07, 6.45) is 3.94. The van der Waals surface area contributed by atoms with Crippen molar-refractivity contribution in [2.45, 2.75) is 66.1 Å². The molecule has 1 rings (SSSR count). The number of unbranched alkanes of at least 4 members (excludes halogenated alkanes) is 2. The quantitative estimate of drug-likeness (QED) is 0.644. The Kier molecular flexibility index (Phi) is 8.56. The molecular weight excluding hydrogens is 244 g/mol. The molecule has 0 amide bonds. The number of hydrogen-bond acceptors (Lipinski definition) is 2. The summed E-state index contributed by atoms with van der Waals surface area (Å²) in [6.45, 7) is 13.3. The van der Waals surface area contributed by atoms with E-state index in [1.54, 1.807) is 0 Å². The third-order valence-corrected chi connectivity index (χ3v) is 3.84. The van der Waals surface area contributed by atoms with Crippen molar-refractivity contribution in [1.82, 2.24) is 10.2 Å². The smallest absolute Gasteiger partial charge is 0.0239 e. The van der Waals surface area contributed by atoms with Gasteiger partial charge < -0.3 is 5.32 Å². The molecule has 0 spiro atoms. The number of hydrogen-bond donors (Lipinski definition) is 1. The first-order valence-corrected chi connectivity index (χ1v) is 8.20. The van der Waals surface area contributed by atoms with Crippen LogP contribution >= 0.6 is 0 Å². The first-order chi connectivity index (χ1) is 9.69. The minimum Gasteiger partial charge on any atom is -0.313 e. The Labute approximate surface area is 125 Å². The van der Waals surface area contributed by atoms with Crippen molar-refractivity contribution < 1.29 is 0 Å². The van der Waals surface area contributed by atoms with Gasteiger partial charge in [0.05, 0.1) is 0 Å². The average molecular weight is 276 g/mol. The van der Waals surface area contributed by atoms with Crippen LogP contribution < -0.4 is 5.32 Å². The first-order valence-electron chi connectivity index (χ1n) is 8.20. The van der Waals surface area contributed by atoms with E-state index in [1.807, 2.05) is 0 Å². The molecule has 0 heterocycles. The molecule has 20 heavy (non-hydrogen) atoms. The summed E-state index contributed by atoms with van der Waals surface area (Å²) in [5, 5.41) is 3.44. The van der Waals surface area contributed by atoms with Crippen LogP contribution in [0.3, 0.4) is 0 Å². The van der Waals surface area contributed by atoms with E-state index in [0.29, 0.717) is 6.04 Å². The fraction of sp³-hybridized carbons (Fsp3) is 0.667. The standard InChI is InChI=1S/C18H32N2/c1-5-7-10-13-20(16(3)4)15-18-12-9-8-11-17(18)14-19-6-2/h8-9,11-12,16,19H,5-7,10,13-15H2,1-4H3. The van der Waals surface area contributed by atoms with Crippen LogP contribution in [-0.2, 0) is 13.1 Å². The lowest BCUT2D eigenvalue weighted by molar-refractivity contribution is 0.208. The molecule has 2 heteroatoms. The van der Waals surface area contributed by atoms with E-state index in [4.69, 9.17) is 0 Å². The molecule has 0 radical (unpaired) electrons. The van der Waals surface area contributed by atoms with Gasteiger partial charge in [0, 0.05) is 19.1 Å². The summed E-state index contributed by atoms with van der Waals surface area (Å²) in [4.78, 5) is 2.60. The fourth-order valence-electron chi connectivity index (χ4n) is 2.45. The van der Waals surface area contributed by atoms with Crippen LogP contribution in [0.15, 0.2) is 24.3 Å². The Morgan fingerprint density at radius 1 is 1.05 bits per heavy atom. The zero-order valence-electron chi connectivity index (χ0n) is 13.8. The monoisotopic (exact) mass is 276 g/mol. The van der Waals surface area contributed by atoms with Crippen LogP contribution in [0.25, 0.3) is 0 Å². The molecule has 0 aromatic heterocycles. The van der Waals surface area contributed by atoms with E-state index in [1.165, 1.54) is 36.9 Å². The first kappa shape index (κ1) is 17.2. The summed E-state index contributed by atoms with van der Waals surface area (Å²) in [5.41, 5.74) is 2.91. The van der Waals surface area contributed by atoms with E-state index in [-0.39, 0.29) is 0 Å². The molecule has 0 fully saturated rings. The second-order valence-corrected chi connectivity index (χ2v) is 5.82. The largest absolute Gasteiger partial charge is 0.313 e. The molecule has 0 saturated carbocycles. The maximum Gasteiger partial charge on any atom is 0.0239 e. The highest BCUT2D eigenvalue weighted by atomic mass is 15.1. The molecule has 0 bridgehead atoms. The Bertz CT molecular complexity index is 360. The minimum atomic E-state index is 0.610. The van der Waals surface area contributed by atoms with Crippen LogP contribution in [0.4, 0.5) is 0 Å². The van der Waals surface area contributed by atoms with Crippen molar-refractivity contribution in [1.29, 1.82) is 0 Å². The molecule has 2 nitrogen and oxygen atoms in total. The molecule has 0 atom stereocenters. The van der Waals surface area contributed by atoms with Crippen molar-refractivity contribution in [2.24, 2.45) is 0 Å². The van der Waals surface area contributed by atoms with E-state index in [9.17, 15) is 0 Å². The zero-order chi connectivity index (χ0) is 14.8. The SMILES string of the molecule is CCCCCN(Cc1ccccc1CNCC)C(C)C. The Balaban J connectivity index is 2.67. The highest BCUT2D eigenvalue weighted by Gasteiger charge is 2.11. The molecule has 0 saturated heterocycles.